The predicted molar refractivity (Wildman–Crippen MR) is 39.9 cm³/mol. The second kappa shape index (κ2) is 3.88. The summed E-state index contributed by atoms with van der Waals surface area (Å²) in [7, 11) is 0. The smallest absolute Gasteiger partial charge is 0.418 e. The van der Waals surface area contributed by atoms with Gasteiger partial charge in [0, 0.05) is 6.54 Å². The zero-order chi connectivity index (χ0) is 9.84. The number of hydrogen-bond acceptors (Lipinski definition) is 4. The minimum absolute atomic E-state index is 0.000433. The lowest BCUT2D eigenvalue weighted by Gasteiger charge is -2.18. The van der Waals surface area contributed by atoms with Crippen LogP contribution >= 0.6 is 0 Å². The molecule has 0 bridgehead atoms. The zero-order valence-corrected chi connectivity index (χ0v) is 6.80. The average molecular weight is 187 g/mol. The SMILES string of the molecule is O=COC(=O)N1CCC[C@H]1C(=O)O. The molecule has 1 N–H and O–H groups in total. The monoisotopic (exact) mass is 187 g/mol. The predicted octanol–water partition coefficient (Wildman–Crippen LogP) is -0.172. The van der Waals surface area contributed by atoms with Gasteiger partial charge in [-0.15, -0.1) is 0 Å². The normalized spacial score (nSPS) is 21.2. The molecule has 0 aliphatic carbocycles. The molecular formula is C7H9NO5. The maximum Gasteiger partial charge on any atom is 0.418 e. The number of aliphatic carboxylic acids is 1. The summed E-state index contributed by atoms with van der Waals surface area (Å²) in [5.74, 6) is -1.07. The maximum absolute atomic E-state index is 11.0. The van der Waals surface area contributed by atoms with Crippen LogP contribution in [0.4, 0.5) is 4.79 Å². The molecule has 0 spiro atoms. The Morgan fingerprint density at radius 1 is 1.54 bits per heavy atom. The third-order valence-corrected chi connectivity index (χ3v) is 1.92. The number of rotatable bonds is 2. The molecule has 0 unspecified atom stereocenters. The Morgan fingerprint density at radius 3 is 2.77 bits per heavy atom. The number of nitrogens with zero attached hydrogens (tertiary/aromatic N) is 1. The van der Waals surface area contributed by atoms with Gasteiger partial charge in [-0.2, -0.15) is 0 Å². The first-order valence-electron chi connectivity index (χ1n) is 3.80. The Bertz CT molecular complexity index is 239. The van der Waals surface area contributed by atoms with E-state index in [2.05, 4.69) is 4.74 Å². The molecule has 1 heterocycles. The highest BCUT2D eigenvalue weighted by Crippen LogP contribution is 2.17. The minimum atomic E-state index is -1.07. The van der Waals surface area contributed by atoms with Crippen LogP contribution in [0.3, 0.4) is 0 Å². The molecule has 1 atom stereocenters. The van der Waals surface area contributed by atoms with Crippen LogP contribution < -0.4 is 0 Å². The van der Waals surface area contributed by atoms with Crippen molar-refractivity contribution in [2.24, 2.45) is 0 Å². The first-order valence-corrected chi connectivity index (χ1v) is 3.80. The van der Waals surface area contributed by atoms with Crippen LogP contribution in [-0.2, 0) is 14.3 Å². The van der Waals surface area contributed by atoms with Crippen LogP contribution in [0.1, 0.15) is 12.8 Å². The van der Waals surface area contributed by atoms with Crippen LogP contribution in [0.5, 0.6) is 0 Å². The van der Waals surface area contributed by atoms with Gasteiger partial charge in [-0.1, -0.05) is 0 Å². The van der Waals surface area contributed by atoms with Crippen molar-refractivity contribution >= 4 is 18.5 Å². The lowest BCUT2D eigenvalue weighted by Crippen LogP contribution is -2.40. The van der Waals surface area contributed by atoms with E-state index in [9.17, 15) is 14.4 Å². The quantitative estimate of drug-likeness (QED) is 0.479. The number of ether oxygens (including phenoxy) is 1. The molecule has 0 aromatic rings. The van der Waals surface area contributed by atoms with Crippen LogP contribution in [-0.4, -0.2) is 41.1 Å². The van der Waals surface area contributed by atoms with Crippen molar-refractivity contribution in [1.82, 2.24) is 4.90 Å². The van der Waals surface area contributed by atoms with E-state index in [4.69, 9.17) is 5.11 Å². The van der Waals surface area contributed by atoms with Gasteiger partial charge in [0.1, 0.15) is 6.04 Å². The molecule has 1 amide bonds. The number of hydrogen-bond donors (Lipinski definition) is 1. The molecule has 0 radical (unpaired) electrons. The molecule has 72 valence electrons. The largest absolute Gasteiger partial charge is 0.480 e. The van der Waals surface area contributed by atoms with E-state index in [-0.39, 0.29) is 6.47 Å². The standard InChI is InChI=1S/C7H9NO5/c9-4-13-7(12)8-3-1-2-5(8)6(10)11/h4-5H,1-3H2,(H,10,11)/t5-/m0/s1. The summed E-state index contributed by atoms with van der Waals surface area (Å²) in [6.45, 7) is 0.323. The third-order valence-electron chi connectivity index (χ3n) is 1.92. The average Bonchev–Trinajstić information content (AvgIpc) is 2.52. The van der Waals surface area contributed by atoms with E-state index in [1.54, 1.807) is 0 Å². The van der Waals surface area contributed by atoms with Crippen molar-refractivity contribution in [2.45, 2.75) is 18.9 Å². The number of amides is 1. The summed E-state index contributed by atoms with van der Waals surface area (Å²) in [4.78, 5) is 32.4. The van der Waals surface area contributed by atoms with Crippen molar-refractivity contribution < 1.29 is 24.2 Å². The van der Waals surface area contributed by atoms with Gasteiger partial charge in [0.2, 0.25) is 0 Å². The first kappa shape index (κ1) is 9.50. The molecular weight excluding hydrogens is 178 g/mol. The second-order valence-corrected chi connectivity index (χ2v) is 2.67. The van der Waals surface area contributed by atoms with E-state index in [0.29, 0.717) is 19.4 Å². The fourth-order valence-electron chi connectivity index (χ4n) is 1.35. The summed E-state index contributed by atoms with van der Waals surface area (Å²) in [5, 5.41) is 8.66. The number of likely N-dealkylation sites (tertiary alicyclic amines) is 1. The van der Waals surface area contributed by atoms with Crippen molar-refractivity contribution in [1.29, 1.82) is 0 Å². The van der Waals surface area contributed by atoms with Gasteiger partial charge in [-0.05, 0) is 12.8 Å². The highest BCUT2D eigenvalue weighted by molar-refractivity contribution is 5.83. The minimum Gasteiger partial charge on any atom is -0.480 e. The van der Waals surface area contributed by atoms with E-state index in [0.717, 1.165) is 4.90 Å². The van der Waals surface area contributed by atoms with Gasteiger partial charge in [0.05, 0.1) is 0 Å². The van der Waals surface area contributed by atoms with Gasteiger partial charge in [-0.3, -0.25) is 9.69 Å². The number of carbonyl (C=O) groups excluding carboxylic acids is 2. The Labute approximate surface area is 74.1 Å². The van der Waals surface area contributed by atoms with Crippen molar-refractivity contribution in [2.75, 3.05) is 6.54 Å². The molecule has 1 rings (SSSR count). The Hall–Kier alpha value is -1.59. The summed E-state index contributed by atoms with van der Waals surface area (Å²) in [6.07, 6.45) is 0.133. The van der Waals surface area contributed by atoms with E-state index < -0.39 is 18.1 Å². The summed E-state index contributed by atoms with van der Waals surface area (Å²) in [5.41, 5.74) is 0. The summed E-state index contributed by atoms with van der Waals surface area (Å²) in [6, 6.07) is -0.854. The lowest BCUT2D eigenvalue weighted by atomic mass is 10.2. The summed E-state index contributed by atoms with van der Waals surface area (Å²) < 4.78 is 4.05. The lowest BCUT2D eigenvalue weighted by molar-refractivity contribution is -0.142. The van der Waals surface area contributed by atoms with E-state index in [1.165, 1.54) is 0 Å². The molecule has 1 fully saturated rings. The van der Waals surface area contributed by atoms with Crippen molar-refractivity contribution in [3.05, 3.63) is 0 Å². The van der Waals surface area contributed by atoms with Crippen LogP contribution in [0.15, 0.2) is 0 Å². The van der Waals surface area contributed by atoms with E-state index in [1.807, 2.05) is 0 Å². The van der Waals surface area contributed by atoms with Gasteiger partial charge < -0.3 is 9.84 Å². The molecule has 13 heavy (non-hydrogen) atoms. The molecule has 6 nitrogen and oxygen atoms in total. The molecule has 0 aromatic carbocycles. The van der Waals surface area contributed by atoms with Crippen LogP contribution in [0, 0.1) is 0 Å². The number of carbonyl (C=O) groups is 3. The van der Waals surface area contributed by atoms with Crippen molar-refractivity contribution in [3.8, 4) is 0 Å². The van der Waals surface area contributed by atoms with Gasteiger partial charge in [-0.25, -0.2) is 9.59 Å². The number of carboxylic acid groups (broad SMARTS) is 1. The fraction of sp³-hybridized carbons (Fsp3) is 0.571. The first-order chi connectivity index (χ1) is 6.16. The number of carboxylic acids is 1. The highest BCUT2D eigenvalue weighted by Gasteiger charge is 2.34. The van der Waals surface area contributed by atoms with Crippen molar-refractivity contribution in [3.63, 3.8) is 0 Å². The van der Waals surface area contributed by atoms with Gasteiger partial charge in [0.15, 0.2) is 0 Å². The Balaban J connectivity index is 2.62. The maximum atomic E-state index is 11.0. The molecule has 6 heteroatoms. The highest BCUT2D eigenvalue weighted by atomic mass is 16.6. The second-order valence-electron chi connectivity index (χ2n) is 2.67. The van der Waals surface area contributed by atoms with Crippen LogP contribution in [0.2, 0.25) is 0 Å². The van der Waals surface area contributed by atoms with Crippen LogP contribution in [0.25, 0.3) is 0 Å². The van der Waals surface area contributed by atoms with E-state index >= 15 is 0 Å². The third kappa shape index (κ3) is 1.95. The molecule has 0 saturated carbocycles. The Morgan fingerprint density at radius 2 is 2.23 bits per heavy atom. The zero-order valence-electron chi connectivity index (χ0n) is 6.80. The Kier molecular flexibility index (Phi) is 2.84. The molecule has 1 saturated heterocycles. The molecule has 1 aliphatic heterocycles. The van der Waals surface area contributed by atoms with Gasteiger partial charge in [0.25, 0.3) is 0 Å². The topological polar surface area (TPSA) is 83.9 Å². The molecule has 0 aromatic heterocycles. The summed E-state index contributed by atoms with van der Waals surface area (Å²) >= 11 is 0. The fourth-order valence-corrected chi connectivity index (χ4v) is 1.35. The van der Waals surface area contributed by atoms with Gasteiger partial charge >= 0.3 is 18.5 Å². The molecule has 1 aliphatic rings.